The van der Waals surface area contributed by atoms with E-state index < -0.39 is 10.0 Å². The number of aryl methyl sites for hydroxylation is 1. The van der Waals surface area contributed by atoms with Gasteiger partial charge in [-0.2, -0.15) is 0 Å². The molecule has 1 aliphatic heterocycles. The zero-order valence-electron chi connectivity index (χ0n) is 16.7. The fourth-order valence-electron chi connectivity index (χ4n) is 3.16. The average Bonchev–Trinajstić information content (AvgIpc) is 2.66. The van der Waals surface area contributed by atoms with Crippen molar-refractivity contribution >= 4 is 10.0 Å². The smallest absolute Gasteiger partial charge is 0.240 e. The van der Waals surface area contributed by atoms with Crippen LogP contribution in [-0.4, -0.2) is 27.7 Å². The molecule has 0 atom stereocenters. The summed E-state index contributed by atoms with van der Waals surface area (Å²) in [6.45, 7) is 6.61. The Hall–Kier alpha value is -2.25. The normalized spacial score (nSPS) is 15.4. The molecule has 0 saturated heterocycles. The number of benzene rings is 2. The molecule has 2 aromatic rings. The maximum Gasteiger partial charge on any atom is 0.240 e. The average molecular weight is 406 g/mol. The summed E-state index contributed by atoms with van der Waals surface area (Å²) in [5.74, 6) is 1.97. The first kappa shape index (κ1) is 20.5. The molecule has 0 radical (unpaired) electrons. The predicted molar refractivity (Wildman–Crippen MR) is 108 cm³/mol. The molecule has 1 aliphatic rings. The molecule has 0 aliphatic carbocycles. The minimum absolute atomic E-state index is 0.160. The van der Waals surface area contributed by atoms with E-state index in [0.29, 0.717) is 18.1 Å². The standard InChI is InChI=1S/C21H27NO5S/c1-5-26-20-12-15(6-8-19(20)25-4)14-22-28(23,24)17-7-9-18-16(13-17)10-11-21(2,3)27-18/h6-9,12-13,22H,5,10-11,14H2,1-4H3. The summed E-state index contributed by atoms with van der Waals surface area (Å²) in [6, 6.07) is 10.4. The van der Waals surface area contributed by atoms with E-state index in [0.717, 1.165) is 29.7 Å². The second kappa shape index (κ2) is 8.01. The third-order valence-corrected chi connectivity index (χ3v) is 6.12. The van der Waals surface area contributed by atoms with Gasteiger partial charge in [0.2, 0.25) is 10.0 Å². The highest BCUT2D eigenvalue weighted by atomic mass is 32.2. The van der Waals surface area contributed by atoms with Crippen molar-refractivity contribution in [2.24, 2.45) is 0 Å². The molecule has 1 heterocycles. The van der Waals surface area contributed by atoms with Gasteiger partial charge in [-0.1, -0.05) is 6.07 Å². The summed E-state index contributed by atoms with van der Waals surface area (Å²) in [5, 5.41) is 0. The van der Waals surface area contributed by atoms with Crippen molar-refractivity contribution in [2.75, 3.05) is 13.7 Å². The maximum atomic E-state index is 12.7. The lowest BCUT2D eigenvalue weighted by molar-refractivity contribution is 0.0845. The van der Waals surface area contributed by atoms with Gasteiger partial charge in [-0.05, 0) is 75.1 Å². The maximum absolute atomic E-state index is 12.7. The number of methoxy groups -OCH3 is 1. The Morgan fingerprint density at radius 1 is 1.14 bits per heavy atom. The summed E-state index contributed by atoms with van der Waals surface area (Å²) >= 11 is 0. The number of hydrogen-bond acceptors (Lipinski definition) is 5. The third-order valence-electron chi connectivity index (χ3n) is 4.72. The second-order valence-corrected chi connectivity index (χ2v) is 9.14. The van der Waals surface area contributed by atoms with E-state index in [9.17, 15) is 8.42 Å². The number of hydrogen-bond donors (Lipinski definition) is 1. The first-order chi connectivity index (χ1) is 13.2. The topological polar surface area (TPSA) is 73.9 Å². The number of nitrogens with one attached hydrogen (secondary N) is 1. The SMILES string of the molecule is CCOc1cc(CNS(=O)(=O)c2ccc3c(c2)CCC(C)(C)O3)ccc1OC. The molecule has 0 amide bonds. The van der Waals surface area contributed by atoms with E-state index in [1.54, 1.807) is 37.4 Å². The van der Waals surface area contributed by atoms with Crippen LogP contribution in [0.2, 0.25) is 0 Å². The van der Waals surface area contributed by atoms with Gasteiger partial charge in [-0.25, -0.2) is 13.1 Å². The highest BCUT2D eigenvalue weighted by Gasteiger charge is 2.27. The molecule has 1 N–H and O–H groups in total. The van der Waals surface area contributed by atoms with Gasteiger partial charge in [-0.15, -0.1) is 0 Å². The molecule has 2 aromatic carbocycles. The Bertz CT molecular complexity index is 953. The van der Waals surface area contributed by atoms with E-state index in [1.807, 2.05) is 26.8 Å². The summed E-state index contributed by atoms with van der Waals surface area (Å²) in [7, 11) is -2.07. The van der Waals surface area contributed by atoms with E-state index in [4.69, 9.17) is 14.2 Å². The molecule has 3 rings (SSSR count). The fraction of sp³-hybridized carbons (Fsp3) is 0.429. The van der Waals surface area contributed by atoms with Crippen molar-refractivity contribution in [1.82, 2.24) is 4.72 Å². The van der Waals surface area contributed by atoms with E-state index in [2.05, 4.69) is 4.72 Å². The van der Waals surface area contributed by atoms with Gasteiger partial charge in [0.05, 0.1) is 18.6 Å². The van der Waals surface area contributed by atoms with Gasteiger partial charge in [0.15, 0.2) is 11.5 Å². The van der Waals surface area contributed by atoms with Gasteiger partial charge >= 0.3 is 0 Å². The number of sulfonamides is 1. The van der Waals surface area contributed by atoms with Crippen molar-refractivity contribution in [1.29, 1.82) is 0 Å². The van der Waals surface area contributed by atoms with E-state index in [-0.39, 0.29) is 17.0 Å². The fourth-order valence-corrected chi connectivity index (χ4v) is 4.23. The lowest BCUT2D eigenvalue weighted by atomic mass is 9.94. The number of fused-ring (bicyclic) bond motifs is 1. The van der Waals surface area contributed by atoms with E-state index in [1.165, 1.54) is 0 Å². The van der Waals surface area contributed by atoms with Crippen LogP contribution < -0.4 is 18.9 Å². The van der Waals surface area contributed by atoms with Gasteiger partial charge in [0.25, 0.3) is 0 Å². The van der Waals surface area contributed by atoms with Gasteiger partial charge in [0, 0.05) is 6.54 Å². The number of rotatable bonds is 7. The summed E-state index contributed by atoms with van der Waals surface area (Å²) in [6.07, 6.45) is 1.64. The predicted octanol–water partition coefficient (Wildman–Crippen LogP) is 3.68. The van der Waals surface area contributed by atoms with Crippen LogP contribution in [0.15, 0.2) is 41.3 Å². The van der Waals surface area contributed by atoms with Crippen LogP contribution in [0.1, 0.15) is 38.3 Å². The monoisotopic (exact) mass is 405 g/mol. The first-order valence-corrected chi connectivity index (χ1v) is 10.8. The zero-order valence-corrected chi connectivity index (χ0v) is 17.6. The molecule has 0 aromatic heterocycles. The van der Waals surface area contributed by atoms with Crippen LogP contribution in [0.3, 0.4) is 0 Å². The lowest BCUT2D eigenvalue weighted by Crippen LogP contribution is -2.32. The summed E-state index contributed by atoms with van der Waals surface area (Å²) in [5.41, 5.74) is 1.49. The molecule has 152 valence electrons. The summed E-state index contributed by atoms with van der Waals surface area (Å²) < 4.78 is 44.9. The largest absolute Gasteiger partial charge is 0.493 e. The number of ether oxygens (including phenoxy) is 3. The Balaban J connectivity index is 1.75. The minimum atomic E-state index is -3.64. The van der Waals surface area contributed by atoms with Crippen LogP contribution in [0.5, 0.6) is 17.2 Å². The van der Waals surface area contributed by atoms with Crippen molar-refractivity contribution < 1.29 is 22.6 Å². The van der Waals surface area contributed by atoms with Crippen LogP contribution in [0.4, 0.5) is 0 Å². The van der Waals surface area contributed by atoms with Crippen molar-refractivity contribution in [3.05, 3.63) is 47.5 Å². The third kappa shape index (κ3) is 4.59. The van der Waals surface area contributed by atoms with Crippen molar-refractivity contribution in [3.63, 3.8) is 0 Å². The van der Waals surface area contributed by atoms with Gasteiger partial charge in [-0.3, -0.25) is 0 Å². The Morgan fingerprint density at radius 2 is 1.93 bits per heavy atom. The quantitative estimate of drug-likeness (QED) is 0.761. The molecule has 0 bridgehead atoms. The second-order valence-electron chi connectivity index (χ2n) is 7.37. The lowest BCUT2D eigenvalue weighted by Gasteiger charge is -2.32. The zero-order chi connectivity index (χ0) is 20.4. The molecule has 7 heteroatoms. The molecule has 0 spiro atoms. The molecule has 0 fully saturated rings. The molecular weight excluding hydrogens is 378 g/mol. The van der Waals surface area contributed by atoms with Crippen LogP contribution in [0.25, 0.3) is 0 Å². The first-order valence-electron chi connectivity index (χ1n) is 9.35. The molecule has 0 unspecified atom stereocenters. The molecular formula is C21H27NO5S. The highest BCUT2D eigenvalue weighted by molar-refractivity contribution is 7.89. The molecule has 28 heavy (non-hydrogen) atoms. The van der Waals surface area contributed by atoms with Crippen LogP contribution >= 0.6 is 0 Å². The Kier molecular flexibility index (Phi) is 5.86. The van der Waals surface area contributed by atoms with E-state index >= 15 is 0 Å². The van der Waals surface area contributed by atoms with Crippen molar-refractivity contribution in [3.8, 4) is 17.2 Å². The van der Waals surface area contributed by atoms with Crippen LogP contribution in [-0.2, 0) is 23.0 Å². The van der Waals surface area contributed by atoms with Gasteiger partial charge < -0.3 is 14.2 Å². The van der Waals surface area contributed by atoms with Crippen molar-refractivity contribution in [2.45, 2.75) is 50.7 Å². The molecule has 6 nitrogen and oxygen atoms in total. The Labute approximate surface area is 166 Å². The minimum Gasteiger partial charge on any atom is -0.493 e. The highest BCUT2D eigenvalue weighted by Crippen LogP contribution is 2.34. The van der Waals surface area contributed by atoms with Gasteiger partial charge in [0.1, 0.15) is 11.4 Å². The van der Waals surface area contributed by atoms with Crippen LogP contribution in [0, 0.1) is 0 Å². The molecule has 0 saturated carbocycles. The Morgan fingerprint density at radius 3 is 2.64 bits per heavy atom. The summed E-state index contributed by atoms with van der Waals surface area (Å²) in [4.78, 5) is 0.244.